The first-order valence-electron chi connectivity index (χ1n) is 10.4. The van der Waals surface area contributed by atoms with Crippen LogP contribution in [0.5, 0.6) is 11.5 Å². The lowest BCUT2D eigenvalue weighted by molar-refractivity contribution is -0.0978. The van der Waals surface area contributed by atoms with Gasteiger partial charge >= 0.3 is 0 Å². The van der Waals surface area contributed by atoms with E-state index < -0.39 is 5.41 Å². The summed E-state index contributed by atoms with van der Waals surface area (Å²) in [6, 6.07) is 13.2. The van der Waals surface area contributed by atoms with Crippen LogP contribution in [0.2, 0.25) is 0 Å². The Morgan fingerprint density at radius 1 is 1.03 bits per heavy atom. The van der Waals surface area contributed by atoms with E-state index in [1.807, 2.05) is 36.4 Å². The van der Waals surface area contributed by atoms with Crippen molar-refractivity contribution in [3.05, 3.63) is 59.2 Å². The predicted octanol–water partition coefficient (Wildman–Crippen LogP) is 3.44. The maximum Gasteiger partial charge on any atom is 0.178 e. The highest BCUT2D eigenvalue weighted by Crippen LogP contribution is 2.67. The third-order valence-electron chi connectivity index (χ3n) is 7.69. The standard InChI is InChI=1S/C24H24O5/c1-27-17-8-7-16-19(20(17)25)18-14-9-11-28-22(14)24(16,23-15(18)10-12-29-23)21(26)13-5-3-2-4-6-13/h2-8,14-15,18,22-23,25H,9-12H2,1H3. The van der Waals surface area contributed by atoms with Gasteiger partial charge < -0.3 is 19.3 Å². The van der Waals surface area contributed by atoms with E-state index in [0.29, 0.717) is 24.5 Å². The quantitative estimate of drug-likeness (QED) is 0.811. The average molecular weight is 392 g/mol. The van der Waals surface area contributed by atoms with Crippen molar-refractivity contribution < 1.29 is 24.1 Å². The Kier molecular flexibility index (Phi) is 3.66. The topological polar surface area (TPSA) is 65.0 Å². The molecule has 5 heteroatoms. The highest BCUT2D eigenvalue weighted by molar-refractivity contribution is 6.06. The number of methoxy groups -OCH3 is 1. The summed E-state index contributed by atoms with van der Waals surface area (Å²) >= 11 is 0. The minimum absolute atomic E-state index is 0.0378. The lowest BCUT2D eigenvalue weighted by Crippen LogP contribution is -2.67. The molecular formula is C24H24O5. The number of ketones is 1. The molecule has 0 radical (unpaired) electrons. The fourth-order valence-corrected chi connectivity index (χ4v) is 6.76. The second kappa shape index (κ2) is 6.07. The van der Waals surface area contributed by atoms with Crippen molar-refractivity contribution in [2.75, 3.05) is 20.3 Å². The molecule has 0 aromatic heterocycles. The van der Waals surface area contributed by atoms with Crippen LogP contribution in [0.15, 0.2) is 42.5 Å². The molecule has 150 valence electrons. The van der Waals surface area contributed by atoms with E-state index in [1.165, 1.54) is 0 Å². The van der Waals surface area contributed by atoms with E-state index in [-0.39, 0.29) is 41.5 Å². The zero-order valence-electron chi connectivity index (χ0n) is 16.3. The molecule has 0 amide bonds. The molecule has 2 heterocycles. The van der Waals surface area contributed by atoms with E-state index in [4.69, 9.17) is 14.2 Å². The Morgan fingerprint density at radius 2 is 1.69 bits per heavy atom. The van der Waals surface area contributed by atoms with Gasteiger partial charge in [-0.15, -0.1) is 0 Å². The molecule has 3 aliphatic carbocycles. The van der Waals surface area contributed by atoms with E-state index >= 15 is 0 Å². The maximum absolute atomic E-state index is 14.2. The second-order valence-corrected chi connectivity index (χ2v) is 8.66. The smallest absolute Gasteiger partial charge is 0.178 e. The molecule has 1 saturated carbocycles. The molecule has 3 fully saturated rings. The molecule has 4 atom stereocenters. The van der Waals surface area contributed by atoms with Crippen LogP contribution in [0.3, 0.4) is 0 Å². The second-order valence-electron chi connectivity index (χ2n) is 8.66. The highest BCUT2D eigenvalue weighted by Gasteiger charge is 2.71. The van der Waals surface area contributed by atoms with E-state index in [2.05, 4.69) is 0 Å². The van der Waals surface area contributed by atoms with Crippen molar-refractivity contribution in [3.8, 4) is 11.5 Å². The summed E-state index contributed by atoms with van der Waals surface area (Å²) in [5, 5.41) is 11.1. The van der Waals surface area contributed by atoms with E-state index in [0.717, 1.165) is 24.0 Å². The van der Waals surface area contributed by atoms with Gasteiger partial charge in [0.25, 0.3) is 0 Å². The number of hydrogen-bond donors (Lipinski definition) is 1. The molecule has 5 aliphatic rings. The molecule has 1 N–H and O–H groups in total. The Bertz CT molecular complexity index is 962. The van der Waals surface area contributed by atoms with Crippen LogP contribution in [-0.2, 0) is 14.9 Å². The molecule has 2 saturated heterocycles. The number of phenols is 1. The van der Waals surface area contributed by atoms with Crippen LogP contribution in [0.1, 0.15) is 40.2 Å². The maximum atomic E-state index is 14.2. The van der Waals surface area contributed by atoms with Gasteiger partial charge in [0.15, 0.2) is 17.3 Å². The number of ether oxygens (including phenoxy) is 3. The molecule has 4 unspecified atom stereocenters. The van der Waals surface area contributed by atoms with Gasteiger partial charge in [-0.1, -0.05) is 36.4 Å². The summed E-state index contributed by atoms with van der Waals surface area (Å²) in [5.41, 5.74) is 1.48. The van der Waals surface area contributed by atoms with Crippen molar-refractivity contribution in [2.45, 2.75) is 36.4 Å². The summed E-state index contributed by atoms with van der Waals surface area (Å²) in [7, 11) is 1.57. The number of aromatic hydroxyl groups is 1. The van der Waals surface area contributed by atoms with Crippen molar-refractivity contribution in [1.82, 2.24) is 0 Å². The Hall–Kier alpha value is -2.37. The van der Waals surface area contributed by atoms with Crippen LogP contribution in [0.25, 0.3) is 0 Å². The monoisotopic (exact) mass is 392 g/mol. The van der Waals surface area contributed by atoms with Gasteiger partial charge in [0.2, 0.25) is 0 Å². The number of rotatable bonds is 3. The zero-order chi connectivity index (χ0) is 19.8. The Balaban J connectivity index is 1.68. The number of carbonyl (C=O) groups is 1. The third-order valence-corrected chi connectivity index (χ3v) is 7.69. The molecule has 5 nitrogen and oxygen atoms in total. The molecule has 0 spiro atoms. The van der Waals surface area contributed by atoms with Crippen LogP contribution in [-0.4, -0.2) is 43.4 Å². The van der Waals surface area contributed by atoms with Gasteiger partial charge in [0, 0.05) is 24.3 Å². The minimum atomic E-state index is -0.933. The van der Waals surface area contributed by atoms with Crippen molar-refractivity contribution in [1.29, 1.82) is 0 Å². The van der Waals surface area contributed by atoms with Crippen molar-refractivity contribution in [2.24, 2.45) is 11.8 Å². The van der Waals surface area contributed by atoms with E-state index in [1.54, 1.807) is 13.2 Å². The summed E-state index contributed by atoms with van der Waals surface area (Å²) in [5.74, 6) is 1.22. The number of carbonyl (C=O) groups excluding carboxylic acids is 1. The van der Waals surface area contributed by atoms with Gasteiger partial charge in [-0.25, -0.2) is 0 Å². The summed E-state index contributed by atoms with van der Waals surface area (Å²) in [4.78, 5) is 14.2. The molecule has 7 rings (SSSR count). The largest absolute Gasteiger partial charge is 0.504 e. The Labute approximate surface area is 169 Å². The van der Waals surface area contributed by atoms with Crippen LogP contribution in [0.4, 0.5) is 0 Å². The van der Waals surface area contributed by atoms with Gasteiger partial charge in [0.1, 0.15) is 5.41 Å². The number of hydrogen-bond acceptors (Lipinski definition) is 5. The number of Topliss-reactive ketones (excluding diaryl/α,β-unsaturated/α-hetero) is 1. The molecule has 29 heavy (non-hydrogen) atoms. The summed E-state index contributed by atoms with van der Waals surface area (Å²) in [6.07, 6.45) is 1.36. The number of benzene rings is 2. The molecule has 2 bridgehead atoms. The molecule has 2 aromatic carbocycles. The minimum Gasteiger partial charge on any atom is -0.504 e. The Morgan fingerprint density at radius 3 is 2.31 bits per heavy atom. The normalized spacial score (nSPS) is 36.4. The van der Waals surface area contributed by atoms with Crippen LogP contribution < -0.4 is 4.74 Å². The van der Waals surface area contributed by atoms with E-state index in [9.17, 15) is 9.90 Å². The lowest BCUT2D eigenvalue weighted by atomic mass is 9.45. The summed E-state index contributed by atoms with van der Waals surface area (Å²) < 4.78 is 18.0. The fourth-order valence-electron chi connectivity index (χ4n) is 6.76. The predicted molar refractivity (Wildman–Crippen MR) is 106 cm³/mol. The first kappa shape index (κ1) is 17.5. The van der Waals surface area contributed by atoms with Gasteiger partial charge in [-0.05, 0) is 42.2 Å². The SMILES string of the molecule is COc1ccc2c(c1O)C1C3CCOC3C2(C(=O)c2ccccc2)C2OCCC12. The molecule has 2 aromatic rings. The van der Waals surface area contributed by atoms with Gasteiger partial charge in [-0.3, -0.25) is 4.79 Å². The first-order valence-corrected chi connectivity index (χ1v) is 10.4. The zero-order valence-corrected chi connectivity index (χ0v) is 16.3. The fraction of sp³-hybridized carbons (Fsp3) is 0.458. The van der Waals surface area contributed by atoms with Crippen molar-refractivity contribution >= 4 is 5.78 Å². The first-order chi connectivity index (χ1) is 14.2. The third kappa shape index (κ3) is 2.00. The average Bonchev–Trinajstić information content (AvgIpc) is 3.44. The highest BCUT2D eigenvalue weighted by atomic mass is 16.5. The van der Waals surface area contributed by atoms with Crippen LogP contribution in [0, 0.1) is 11.8 Å². The molecular weight excluding hydrogens is 368 g/mol. The summed E-state index contributed by atoms with van der Waals surface area (Å²) in [6.45, 7) is 1.28. The van der Waals surface area contributed by atoms with Crippen molar-refractivity contribution in [3.63, 3.8) is 0 Å². The number of phenolic OH excluding ortho intramolecular Hbond substituents is 1. The lowest BCUT2D eigenvalue weighted by Gasteiger charge is -2.58. The molecule has 2 aliphatic heterocycles. The van der Waals surface area contributed by atoms with Gasteiger partial charge in [-0.2, -0.15) is 0 Å². The van der Waals surface area contributed by atoms with Crippen LogP contribution >= 0.6 is 0 Å². The van der Waals surface area contributed by atoms with Gasteiger partial charge in [0.05, 0.1) is 19.3 Å².